The van der Waals surface area contributed by atoms with Crippen LogP contribution in [0.5, 0.6) is 0 Å². The lowest BCUT2D eigenvalue weighted by molar-refractivity contribution is 0.00212. The molecule has 4 aromatic rings. The highest BCUT2D eigenvalue weighted by molar-refractivity contribution is 6.35. The molecule has 4 aromatic carbocycles. The van der Waals surface area contributed by atoms with Crippen molar-refractivity contribution in [2.75, 3.05) is 24.5 Å². The fraction of sp³-hybridized carbons (Fsp3) is 0.333. The summed E-state index contributed by atoms with van der Waals surface area (Å²) in [4.78, 5) is 87.4. The maximum atomic E-state index is 14.2. The van der Waals surface area contributed by atoms with Gasteiger partial charge in [0.05, 0.1) is 22.3 Å². The van der Waals surface area contributed by atoms with Gasteiger partial charge in [-0.15, -0.1) is 0 Å². The summed E-state index contributed by atoms with van der Waals surface area (Å²) in [7, 11) is 0. The van der Waals surface area contributed by atoms with Gasteiger partial charge in [-0.25, -0.2) is 0 Å². The Bertz CT molecular complexity index is 2060. The van der Waals surface area contributed by atoms with Crippen molar-refractivity contribution >= 4 is 62.7 Å². The molecule has 248 valence electrons. The van der Waals surface area contributed by atoms with Crippen molar-refractivity contribution in [2.24, 2.45) is 0 Å². The molecule has 0 saturated carbocycles. The smallest absolute Gasteiger partial charge is 0.281 e. The second-order valence-electron chi connectivity index (χ2n) is 13.4. The summed E-state index contributed by atoms with van der Waals surface area (Å²) in [6, 6.07) is 14.7. The zero-order chi connectivity index (χ0) is 34.0. The summed E-state index contributed by atoms with van der Waals surface area (Å²) in [5.41, 5.74) is 1.95. The first kappa shape index (κ1) is 30.9. The molecule has 8 rings (SSSR count). The maximum absolute atomic E-state index is 14.2. The number of benzene rings is 4. The Hall–Kier alpha value is -5.38. The van der Waals surface area contributed by atoms with E-state index < -0.39 is 35.4 Å². The van der Waals surface area contributed by atoms with Gasteiger partial charge in [-0.2, -0.15) is 10.0 Å². The van der Waals surface area contributed by atoms with Crippen molar-refractivity contribution in [3.8, 4) is 0 Å². The second kappa shape index (κ2) is 11.9. The van der Waals surface area contributed by atoms with Gasteiger partial charge in [0.25, 0.3) is 35.4 Å². The highest BCUT2D eigenvalue weighted by Crippen LogP contribution is 2.41. The number of amides is 6. The van der Waals surface area contributed by atoms with E-state index in [9.17, 15) is 28.8 Å². The van der Waals surface area contributed by atoms with Gasteiger partial charge in [-0.3, -0.25) is 33.7 Å². The Morgan fingerprint density at radius 1 is 0.490 bits per heavy atom. The van der Waals surface area contributed by atoms with Crippen LogP contribution in [0.15, 0.2) is 54.6 Å². The van der Waals surface area contributed by atoms with Crippen molar-refractivity contribution in [1.29, 1.82) is 0 Å². The number of rotatable bonds is 9. The summed E-state index contributed by atoms with van der Waals surface area (Å²) in [5.74, 6) is -4.23. The molecule has 0 radical (unpaired) electrons. The van der Waals surface area contributed by atoms with Crippen LogP contribution >= 0.6 is 0 Å². The number of unbranched alkanes of at least 4 members (excludes halogenated alkanes) is 5. The molecule has 0 aliphatic carbocycles. The average Bonchev–Trinajstić information content (AvgIpc) is 3.12. The standard InChI is InChI=1S/C39H36N4O6/c1-2-3-4-5-6-10-22-41-34(44)26-14-16-28-33-29(17-15-27(32(26)33)35(41)45)39(49)43(38(28)48)42-36(46)24-13-11-12-23-30(40-20-8-7-9-21-40)19-18-25(31(23)24)37(42)47/h11-19H,2-10,20-22H2,1H3. The number of nitrogens with zero attached hydrogens (tertiary/aromatic N) is 4. The van der Waals surface area contributed by atoms with E-state index in [0.717, 1.165) is 75.5 Å². The van der Waals surface area contributed by atoms with Crippen LogP contribution in [0.3, 0.4) is 0 Å². The van der Waals surface area contributed by atoms with Crippen LogP contribution in [0, 0.1) is 0 Å². The molecule has 0 unspecified atom stereocenters. The number of hydrogen-bond donors (Lipinski definition) is 0. The summed E-state index contributed by atoms with van der Waals surface area (Å²) in [6.45, 7) is 4.19. The van der Waals surface area contributed by atoms with Gasteiger partial charge in [0.15, 0.2) is 0 Å². The van der Waals surface area contributed by atoms with Gasteiger partial charge in [0.2, 0.25) is 0 Å². The minimum absolute atomic E-state index is 0.0326. The van der Waals surface area contributed by atoms with Crippen LogP contribution in [-0.2, 0) is 0 Å². The van der Waals surface area contributed by atoms with E-state index in [4.69, 9.17) is 0 Å². The number of hydrazine groups is 1. The third kappa shape index (κ3) is 4.60. The molecule has 4 heterocycles. The highest BCUT2D eigenvalue weighted by atomic mass is 16.2. The molecule has 0 atom stereocenters. The largest absolute Gasteiger partial charge is 0.371 e. The van der Waals surface area contributed by atoms with E-state index >= 15 is 0 Å². The van der Waals surface area contributed by atoms with E-state index in [-0.39, 0.29) is 50.7 Å². The lowest BCUT2D eigenvalue weighted by Gasteiger charge is -2.38. The fourth-order valence-corrected chi connectivity index (χ4v) is 8.01. The first-order valence-corrected chi connectivity index (χ1v) is 17.4. The summed E-state index contributed by atoms with van der Waals surface area (Å²) in [6.07, 6.45) is 9.30. The first-order chi connectivity index (χ1) is 23.8. The molecule has 0 N–H and O–H groups in total. The molecule has 6 amide bonds. The van der Waals surface area contributed by atoms with Crippen molar-refractivity contribution in [3.05, 3.63) is 88.0 Å². The van der Waals surface area contributed by atoms with E-state index in [1.54, 1.807) is 18.2 Å². The molecular formula is C39H36N4O6. The van der Waals surface area contributed by atoms with Crippen LogP contribution in [0.2, 0.25) is 0 Å². The zero-order valence-electron chi connectivity index (χ0n) is 27.4. The lowest BCUT2D eigenvalue weighted by atomic mass is 9.86. The number of anilines is 1. The average molecular weight is 657 g/mol. The number of imide groups is 3. The van der Waals surface area contributed by atoms with E-state index in [0.29, 0.717) is 21.8 Å². The Morgan fingerprint density at radius 2 is 0.959 bits per heavy atom. The van der Waals surface area contributed by atoms with Crippen molar-refractivity contribution in [3.63, 3.8) is 0 Å². The van der Waals surface area contributed by atoms with Crippen molar-refractivity contribution < 1.29 is 28.8 Å². The van der Waals surface area contributed by atoms with Gasteiger partial charge in [0, 0.05) is 58.0 Å². The monoisotopic (exact) mass is 656 g/mol. The number of carbonyl (C=O) groups is 6. The number of piperidine rings is 1. The van der Waals surface area contributed by atoms with Gasteiger partial charge < -0.3 is 4.90 Å². The summed E-state index contributed by atoms with van der Waals surface area (Å²) < 4.78 is 0. The Morgan fingerprint density at radius 3 is 1.53 bits per heavy atom. The minimum atomic E-state index is -0.877. The molecule has 49 heavy (non-hydrogen) atoms. The number of carbonyl (C=O) groups excluding carboxylic acids is 6. The van der Waals surface area contributed by atoms with Gasteiger partial charge in [-0.1, -0.05) is 51.2 Å². The predicted octanol–water partition coefficient (Wildman–Crippen LogP) is 6.75. The molecule has 1 saturated heterocycles. The molecule has 0 aromatic heterocycles. The quantitative estimate of drug-likeness (QED) is 0.145. The first-order valence-electron chi connectivity index (χ1n) is 17.4. The molecule has 0 bridgehead atoms. The summed E-state index contributed by atoms with van der Waals surface area (Å²) in [5, 5.41) is 2.98. The lowest BCUT2D eigenvalue weighted by Crippen LogP contribution is -2.58. The fourth-order valence-electron chi connectivity index (χ4n) is 8.01. The molecule has 4 aliphatic heterocycles. The van der Waals surface area contributed by atoms with Crippen molar-refractivity contribution in [1.82, 2.24) is 14.9 Å². The molecule has 10 nitrogen and oxygen atoms in total. The highest BCUT2D eigenvalue weighted by Gasteiger charge is 2.47. The van der Waals surface area contributed by atoms with Gasteiger partial charge in [0.1, 0.15) is 0 Å². The second-order valence-corrected chi connectivity index (χ2v) is 13.4. The normalized spacial score (nSPS) is 17.3. The van der Waals surface area contributed by atoms with Crippen LogP contribution in [-0.4, -0.2) is 70.0 Å². The topological polar surface area (TPSA) is 115 Å². The van der Waals surface area contributed by atoms with E-state index in [2.05, 4.69) is 11.8 Å². The van der Waals surface area contributed by atoms with Gasteiger partial charge >= 0.3 is 0 Å². The molecule has 10 heteroatoms. The van der Waals surface area contributed by atoms with Crippen LogP contribution in [0.4, 0.5) is 5.69 Å². The third-order valence-electron chi connectivity index (χ3n) is 10.5. The maximum Gasteiger partial charge on any atom is 0.281 e. The minimum Gasteiger partial charge on any atom is -0.371 e. The molecule has 4 aliphatic rings. The Kier molecular flexibility index (Phi) is 7.54. The van der Waals surface area contributed by atoms with Crippen LogP contribution in [0.1, 0.15) is 127 Å². The zero-order valence-corrected chi connectivity index (χ0v) is 27.4. The molecule has 1 fully saturated rings. The molecule has 0 spiro atoms. The Balaban J connectivity index is 1.14. The number of hydrogen-bond acceptors (Lipinski definition) is 7. The van der Waals surface area contributed by atoms with Crippen molar-refractivity contribution in [2.45, 2.75) is 64.7 Å². The summed E-state index contributed by atoms with van der Waals surface area (Å²) >= 11 is 0. The van der Waals surface area contributed by atoms with Gasteiger partial charge in [-0.05, 0) is 68.1 Å². The third-order valence-corrected chi connectivity index (χ3v) is 10.5. The van der Waals surface area contributed by atoms with E-state index in [1.165, 1.54) is 29.2 Å². The van der Waals surface area contributed by atoms with Crippen LogP contribution < -0.4 is 4.90 Å². The SMILES string of the molecule is CCCCCCCCN1C(=O)c2ccc3c4c(ccc(c24)C1=O)C(=O)N(N1C(=O)c2cccc4c(N5CCCCC5)ccc(c24)C1=O)C3=O. The van der Waals surface area contributed by atoms with Crippen LogP contribution in [0.25, 0.3) is 21.5 Å². The predicted molar refractivity (Wildman–Crippen MR) is 184 cm³/mol. The van der Waals surface area contributed by atoms with E-state index in [1.807, 2.05) is 12.1 Å². The molecular weight excluding hydrogens is 620 g/mol. The Labute approximate surface area is 283 Å².